The molecule has 2 heterocycles. The largest absolute Gasteiger partial charge is 0.316 e. The van der Waals surface area contributed by atoms with Gasteiger partial charge in [-0.1, -0.05) is 35.0 Å². The van der Waals surface area contributed by atoms with Crippen molar-refractivity contribution in [2.24, 2.45) is 11.8 Å². The zero-order chi connectivity index (χ0) is 15.5. The molecule has 1 amide bonds. The molecule has 1 saturated heterocycles. The SMILES string of the molecule is CC(C(=O)Nc1ncc(Cc2cccc(Br)c2)s1)C1CNC1. The first-order chi connectivity index (χ1) is 10.6. The number of benzene rings is 1. The van der Waals surface area contributed by atoms with Crippen LogP contribution in [0.15, 0.2) is 34.9 Å². The van der Waals surface area contributed by atoms with Crippen molar-refractivity contribution < 1.29 is 4.79 Å². The quantitative estimate of drug-likeness (QED) is 0.837. The van der Waals surface area contributed by atoms with E-state index in [1.807, 2.05) is 25.3 Å². The molecule has 2 N–H and O–H groups in total. The molecule has 1 fully saturated rings. The van der Waals surface area contributed by atoms with Crippen molar-refractivity contribution in [2.45, 2.75) is 13.3 Å². The van der Waals surface area contributed by atoms with Crippen molar-refractivity contribution in [3.05, 3.63) is 45.4 Å². The van der Waals surface area contributed by atoms with Gasteiger partial charge in [-0.3, -0.25) is 4.79 Å². The maximum Gasteiger partial charge on any atom is 0.229 e. The summed E-state index contributed by atoms with van der Waals surface area (Å²) >= 11 is 5.02. The standard InChI is InChI=1S/C16H18BrN3OS/c1-10(12-7-18-8-12)15(21)20-16-19-9-14(22-16)6-11-3-2-4-13(17)5-11/h2-5,9-10,12,18H,6-8H2,1H3,(H,19,20,21). The number of nitrogens with zero attached hydrogens (tertiary/aromatic N) is 1. The molecule has 0 radical (unpaired) electrons. The minimum absolute atomic E-state index is 0.0266. The Morgan fingerprint density at radius 3 is 3.05 bits per heavy atom. The molecule has 1 aromatic heterocycles. The van der Waals surface area contributed by atoms with E-state index in [4.69, 9.17) is 0 Å². The molecule has 3 rings (SSSR count). The van der Waals surface area contributed by atoms with E-state index in [0.717, 1.165) is 28.9 Å². The first-order valence-corrected chi connectivity index (χ1v) is 8.93. The summed E-state index contributed by atoms with van der Waals surface area (Å²) in [6.45, 7) is 3.85. The number of hydrogen-bond acceptors (Lipinski definition) is 4. The number of amides is 1. The number of carbonyl (C=O) groups excluding carboxylic acids is 1. The third-order valence-electron chi connectivity index (χ3n) is 3.98. The first kappa shape index (κ1) is 15.6. The molecule has 4 nitrogen and oxygen atoms in total. The Morgan fingerprint density at radius 2 is 2.36 bits per heavy atom. The first-order valence-electron chi connectivity index (χ1n) is 7.32. The molecule has 116 valence electrons. The maximum absolute atomic E-state index is 12.2. The van der Waals surface area contributed by atoms with Gasteiger partial charge in [-0.05, 0) is 36.7 Å². The topological polar surface area (TPSA) is 54.0 Å². The molecule has 6 heteroatoms. The summed E-state index contributed by atoms with van der Waals surface area (Å²) in [6, 6.07) is 8.23. The fraction of sp³-hybridized carbons (Fsp3) is 0.375. The highest BCUT2D eigenvalue weighted by Gasteiger charge is 2.29. The molecule has 0 bridgehead atoms. The highest BCUT2D eigenvalue weighted by atomic mass is 79.9. The fourth-order valence-corrected chi connectivity index (χ4v) is 3.69. The van der Waals surface area contributed by atoms with Gasteiger partial charge in [-0.2, -0.15) is 0 Å². The predicted octanol–water partition coefficient (Wildman–Crippen LogP) is 3.29. The van der Waals surface area contributed by atoms with Crippen molar-refractivity contribution >= 4 is 38.3 Å². The Bertz CT molecular complexity index is 669. The molecular weight excluding hydrogens is 362 g/mol. The Balaban J connectivity index is 1.60. The summed E-state index contributed by atoms with van der Waals surface area (Å²) in [4.78, 5) is 17.6. The Hall–Kier alpha value is -1.24. The van der Waals surface area contributed by atoms with Crippen LogP contribution in [-0.2, 0) is 11.2 Å². The summed E-state index contributed by atoms with van der Waals surface area (Å²) in [6.07, 6.45) is 2.67. The second-order valence-electron chi connectivity index (χ2n) is 5.63. The van der Waals surface area contributed by atoms with Crippen molar-refractivity contribution in [1.29, 1.82) is 0 Å². The zero-order valence-corrected chi connectivity index (χ0v) is 14.7. The van der Waals surface area contributed by atoms with E-state index < -0.39 is 0 Å². The van der Waals surface area contributed by atoms with E-state index in [1.54, 1.807) is 11.3 Å². The number of nitrogens with one attached hydrogen (secondary N) is 2. The molecule has 1 aliphatic rings. The Morgan fingerprint density at radius 1 is 1.55 bits per heavy atom. The van der Waals surface area contributed by atoms with Crippen LogP contribution in [0.2, 0.25) is 0 Å². The van der Waals surface area contributed by atoms with Gasteiger partial charge in [-0.25, -0.2) is 4.98 Å². The molecule has 1 unspecified atom stereocenters. The van der Waals surface area contributed by atoms with Gasteiger partial charge < -0.3 is 10.6 Å². The highest BCUT2D eigenvalue weighted by Crippen LogP contribution is 2.24. The molecule has 22 heavy (non-hydrogen) atoms. The lowest BCUT2D eigenvalue weighted by atomic mass is 9.88. The minimum Gasteiger partial charge on any atom is -0.316 e. The molecule has 1 aromatic carbocycles. The number of hydrogen-bond donors (Lipinski definition) is 2. The minimum atomic E-state index is 0.0266. The van der Waals surface area contributed by atoms with Crippen molar-refractivity contribution in [2.75, 3.05) is 18.4 Å². The smallest absolute Gasteiger partial charge is 0.229 e. The molecule has 2 aromatic rings. The van der Waals surface area contributed by atoms with Gasteiger partial charge in [0.15, 0.2) is 5.13 Å². The molecule has 1 atom stereocenters. The van der Waals surface area contributed by atoms with Crippen molar-refractivity contribution in [1.82, 2.24) is 10.3 Å². The Kier molecular flexibility index (Phi) is 4.90. The van der Waals surface area contributed by atoms with Gasteiger partial charge in [0, 0.05) is 27.9 Å². The zero-order valence-electron chi connectivity index (χ0n) is 12.3. The van der Waals surface area contributed by atoms with Crippen LogP contribution in [0.4, 0.5) is 5.13 Å². The van der Waals surface area contributed by atoms with E-state index in [2.05, 4.69) is 43.7 Å². The third kappa shape index (κ3) is 3.74. The number of carbonyl (C=O) groups is 1. The number of aromatic nitrogens is 1. The lowest BCUT2D eigenvalue weighted by Gasteiger charge is -2.31. The molecule has 0 aliphatic carbocycles. The van der Waals surface area contributed by atoms with Crippen LogP contribution in [0.25, 0.3) is 0 Å². The van der Waals surface area contributed by atoms with Crippen LogP contribution >= 0.6 is 27.3 Å². The normalized spacial score (nSPS) is 16.1. The second kappa shape index (κ2) is 6.89. The maximum atomic E-state index is 12.2. The average Bonchev–Trinajstić information content (AvgIpc) is 2.84. The monoisotopic (exact) mass is 379 g/mol. The van der Waals surface area contributed by atoms with Crippen LogP contribution in [0, 0.1) is 11.8 Å². The van der Waals surface area contributed by atoms with Crippen molar-refractivity contribution in [3.8, 4) is 0 Å². The third-order valence-corrected chi connectivity index (χ3v) is 5.39. The summed E-state index contributed by atoms with van der Waals surface area (Å²) in [5.41, 5.74) is 1.23. The molecule has 0 saturated carbocycles. The average molecular weight is 380 g/mol. The van der Waals surface area contributed by atoms with Gasteiger partial charge in [0.05, 0.1) is 0 Å². The van der Waals surface area contributed by atoms with Gasteiger partial charge in [0.1, 0.15) is 0 Å². The fourth-order valence-electron chi connectivity index (χ4n) is 2.39. The van der Waals surface area contributed by atoms with E-state index in [-0.39, 0.29) is 11.8 Å². The van der Waals surface area contributed by atoms with E-state index in [1.165, 1.54) is 5.56 Å². The molecule has 0 spiro atoms. The van der Waals surface area contributed by atoms with Crippen LogP contribution in [0.1, 0.15) is 17.4 Å². The second-order valence-corrected chi connectivity index (χ2v) is 7.67. The van der Waals surface area contributed by atoms with E-state index in [9.17, 15) is 4.79 Å². The van der Waals surface area contributed by atoms with Gasteiger partial charge in [-0.15, -0.1) is 11.3 Å². The predicted molar refractivity (Wildman–Crippen MR) is 93.2 cm³/mol. The van der Waals surface area contributed by atoms with Crippen LogP contribution in [0.5, 0.6) is 0 Å². The molecular formula is C16H18BrN3OS. The molecule has 1 aliphatic heterocycles. The number of rotatable bonds is 5. The van der Waals surface area contributed by atoms with Gasteiger partial charge in [0.2, 0.25) is 5.91 Å². The van der Waals surface area contributed by atoms with Crippen LogP contribution in [0.3, 0.4) is 0 Å². The summed E-state index contributed by atoms with van der Waals surface area (Å²) in [5.74, 6) is 0.537. The lowest BCUT2D eigenvalue weighted by molar-refractivity contribution is -0.121. The Labute approximate surface area is 142 Å². The number of thiazole rings is 1. The highest BCUT2D eigenvalue weighted by molar-refractivity contribution is 9.10. The van der Waals surface area contributed by atoms with Crippen LogP contribution in [-0.4, -0.2) is 24.0 Å². The van der Waals surface area contributed by atoms with E-state index in [0.29, 0.717) is 11.0 Å². The summed E-state index contributed by atoms with van der Waals surface area (Å²) < 4.78 is 1.07. The lowest BCUT2D eigenvalue weighted by Crippen LogP contribution is -2.48. The number of halogens is 1. The van der Waals surface area contributed by atoms with Gasteiger partial charge >= 0.3 is 0 Å². The summed E-state index contributed by atoms with van der Waals surface area (Å²) in [7, 11) is 0. The van der Waals surface area contributed by atoms with Crippen LogP contribution < -0.4 is 10.6 Å². The number of anilines is 1. The van der Waals surface area contributed by atoms with Crippen molar-refractivity contribution in [3.63, 3.8) is 0 Å². The van der Waals surface area contributed by atoms with Gasteiger partial charge in [0.25, 0.3) is 0 Å². The van der Waals surface area contributed by atoms with E-state index >= 15 is 0 Å². The summed E-state index contributed by atoms with van der Waals surface area (Å²) in [5, 5.41) is 6.83.